The zero-order valence-corrected chi connectivity index (χ0v) is 16.6. The van der Waals surface area contributed by atoms with E-state index in [-0.39, 0.29) is 5.41 Å². The number of carbonyl (C=O) groups is 1. The minimum absolute atomic E-state index is 0.100. The maximum atomic E-state index is 13.4. The maximum Gasteiger partial charge on any atom is 0.230 e. The number of rotatable bonds is 3. The summed E-state index contributed by atoms with van der Waals surface area (Å²) in [6.07, 6.45) is 4.80. The van der Waals surface area contributed by atoms with Crippen molar-refractivity contribution < 1.29 is 4.79 Å². The molecule has 2 saturated heterocycles. The molecule has 0 radical (unpaired) electrons. The van der Waals surface area contributed by atoms with Gasteiger partial charge in [-0.3, -0.25) is 14.4 Å². The van der Waals surface area contributed by atoms with Crippen molar-refractivity contribution in [2.45, 2.75) is 46.1 Å². The van der Waals surface area contributed by atoms with Gasteiger partial charge >= 0.3 is 0 Å². The van der Waals surface area contributed by atoms with Gasteiger partial charge in [-0.05, 0) is 39.2 Å². The van der Waals surface area contributed by atoms with E-state index in [0.29, 0.717) is 11.8 Å². The number of piperazine rings is 1. The van der Waals surface area contributed by atoms with Crippen molar-refractivity contribution in [3.05, 3.63) is 17.0 Å². The van der Waals surface area contributed by atoms with Crippen molar-refractivity contribution >= 4 is 5.91 Å². The molecule has 26 heavy (non-hydrogen) atoms. The third-order valence-corrected chi connectivity index (χ3v) is 7.16. The van der Waals surface area contributed by atoms with Gasteiger partial charge in [0, 0.05) is 57.6 Å². The first kappa shape index (κ1) is 18.0. The van der Waals surface area contributed by atoms with Crippen LogP contribution in [-0.2, 0) is 18.4 Å². The molecule has 0 aromatic carbocycles. The first-order chi connectivity index (χ1) is 12.5. The van der Waals surface area contributed by atoms with E-state index >= 15 is 0 Å². The summed E-state index contributed by atoms with van der Waals surface area (Å²) in [5.41, 5.74) is 3.63. The van der Waals surface area contributed by atoms with Gasteiger partial charge in [-0.15, -0.1) is 0 Å². The molecule has 1 aromatic heterocycles. The Morgan fingerprint density at radius 3 is 2.69 bits per heavy atom. The standard InChI is InChI=1S/C20H33N5O/c1-15-18(16(2)23(3)22-15)13-24-8-10-25(11-9-24)19(26)20-7-5-4-6-17(20)12-21-14-20/h17,21H,4-14H2,1-3H3/t17-,20+/m0/s1. The summed E-state index contributed by atoms with van der Waals surface area (Å²) in [4.78, 5) is 18.0. The summed E-state index contributed by atoms with van der Waals surface area (Å²) >= 11 is 0. The third kappa shape index (κ3) is 2.97. The predicted molar refractivity (Wildman–Crippen MR) is 102 cm³/mol. The Balaban J connectivity index is 1.38. The van der Waals surface area contributed by atoms with Crippen LogP contribution < -0.4 is 5.32 Å². The quantitative estimate of drug-likeness (QED) is 0.888. The fourth-order valence-corrected chi connectivity index (χ4v) is 5.36. The van der Waals surface area contributed by atoms with Crippen molar-refractivity contribution in [3.63, 3.8) is 0 Å². The normalized spacial score (nSPS) is 29.8. The Morgan fingerprint density at radius 1 is 1.23 bits per heavy atom. The SMILES string of the molecule is Cc1nn(C)c(C)c1CN1CCN(C(=O)[C@@]23CCCC[C@H]2CNC3)CC1. The number of aromatic nitrogens is 2. The van der Waals surface area contributed by atoms with Crippen molar-refractivity contribution in [1.29, 1.82) is 0 Å². The molecule has 1 N–H and O–H groups in total. The number of hydrogen-bond donors (Lipinski definition) is 1. The molecule has 1 saturated carbocycles. The fraction of sp³-hybridized carbons (Fsp3) is 0.800. The second-order valence-corrected chi connectivity index (χ2v) is 8.57. The molecule has 3 aliphatic rings. The van der Waals surface area contributed by atoms with E-state index in [0.717, 1.165) is 57.9 Å². The number of nitrogens with zero attached hydrogens (tertiary/aromatic N) is 4. The molecular formula is C20H33N5O. The molecule has 6 heteroatoms. The summed E-state index contributed by atoms with van der Waals surface area (Å²) in [6, 6.07) is 0. The second-order valence-electron chi connectivity index (χ2n) is 8.57. The van der Waals surface area contributed by atoms with E-state index in [1.165, 1.54) is 30.5 Å². The lowest BCUT2D eigenvalue weighted by Gasteiger charge is -2.43. The van der Waals surface area contributed by atoms with Gasteiger partial charge in [-0.2, -0.15) is 5.10 Å². The molecule has 1 aromatic rings. The van der Waals surface area contributed by atoms with Crippen LogP contribution in [-0.4, -0.2) is 64.8 Å². The van der Waals surface area contributed by atoms with Gasteiger partial charge in [-0.1, -0.05) is 12.8 Å². The van der Waals surface area contributed by atoms with Gasteiger partial charge in [0.2, 0.25) is 5.91 Å². The molecular weight excluding hydrogens is 326 g/mol. The summed E-state index contributed by atoms with van der Waals surface area (Å²) in [6.45, 7) is 10.8. The number of carbonyl (C=O) groups excluding carboxylic acids is 1. The van der Waals surface area contributed by atoms with Crippen LogP contribution in [0.1, 0.15) is 42.6 Å². The average molecular weight is 360 g/mol. The topological polar surface area (TPSA) is 53.4 Å². The predicted octanol–water partition coefficient (Wildman–Crippen LogP) is 1.46. The molecule has 0 unspecified atom stereocenters. The highest BCUT2D eigenvalue weighted by atomic mass is 16.2. The smallest absolute Gasteiger partial charge is 0.230 e. The fourth-order valence-electron chi connectivity index (χ4n) is 5.36. The van der Waals surface area contributed by atoms with Gasteiger partial charge < -0.3 is 10.2 Å². The maximum absolute atomic E-state index is 13.4. The first-order valence-corrected chi connectivity index (χ1v) is 10.2. The number of nitrogens with one attached hydrogen (secondary N) is 1. The van der Waals surface area contributed by atoms with Crippen molar-refractivity contribution in [2.75, 3.05) is 39.3 Å². The lowest BCUT2D eigenvalue weighted by atomic mass is 9.67. The summed E-state index contributed by atoms with van der Waals surface area (Å²) in [5.74, 6) is 0.989. The highest BCUT2D eigenvalue weighted by Gasteiger charge is 2.51. The summed E-state index contributed by atoms with van der Waals surface area (Å²) in [5, 5.41) is 8.05. The summed E-state index contributed by atoms with van der Waals surface area (Å²) in [7, 11) is 2.01. The highest BCUT2D eigenvalue weighted by molar-refractivity contribution is 5.84. The van der Waals surface area contributed by atoms with Crippen LogP contribution in [0.3, 0.4) is 0 Å². The Hall–Kier alpha value is -1.40. The Morgan fingerprint density at radius 2 is 2.00 bits per heavy atom. The highest BCUT2D eigenvalue weighted by Crippen LogP contribution is 2.45. The third-order valence-electron chi connectivity index (χ3n) is 7.16. The number of hydrogen-bond acceptors (Lipinski definition) is 4. The van der Waals surface area contributed by atoms with Crippen LogP contribution >= 0.6 is 0 Å². The van der Waals surface area contributed by atoms with Crippen molar-refractivity contribution in [3.8, 4) is 0 Å². The lowest BCUT2D eigenvalue weighted by molar-refractivity contribution is -0.147. The number of amides is 1. The summed E-state index contributed by atoms with van der Waals surface area (Å²) < 4.78 is 1.97. The van der Waals surface area contributed by atoms with Gasteiger partial charge in [-0.25, -0.2) is 0 Å². The molecule has 144 valence electrons. The zero-order chi connectivity index (χ0) is 18.3. The van der Waals surface area contributed by atoms with E-state index < -0.39 is 0 Å². The molecule has 0 spiro atoms. The van der Waals surface area contributed by atoms with Crippen LogP contribution in [0.4, 0.5) is 0 Å². The van der Waals surface area contributed by atoms with E-state index in [4.69, 9.17) is 0 Å². The average Bonchev–Trinajstić information content (AvgIpc) is 3.19. The molecule has 1 amide bonds. The Labute approximate surface area is 156 Å². The zero-order valence-electron chi connectivity index (χ0n) is 16.6. The largest absolute Gasteiger partial charge is 0.340 e. The number of aryl methyl sites for hydroxylation is 2. The molecule has 0 bridgehead atoms. The van der Waals surface area contributed by atoms with E-state index in [1.807, 2.05) is 11.7 Å². The van der Waals surface area contributed by atoms with Gasteiger partial charge in [0.05, 0.1) is 11.1 Å². The molecule has 1 aliphatic carbocycles. The van der Waals surface area contributed by atoms with Crippen LogP contribution in [0.25, 0.3) is 0 Å². The molecule has 4 rings (SSSR count). The number of fused-ring (bicyclic) bond motifs is 1. The molecule has 6 nitrogen and oxygen atoms in total. The van der Waals surface area contributed by atoms with Crippen LogP contribution in [0, 0.1) is 25.2 Å². The molecule has 2 atom stereocenters. The Kier molecular flexibility index (Phi) is 4.82. The minimum atomic E-state index is -0.100. The minimum Gasteiger partial charge on any atom is -0.340 e. The van der Waals surface area contributed by atoms with Gasteiger partial charge in [0.1, 0.15) is 0 Å². The Bertz CT molecular complexity index is 676. The molecule has 3 fully saturated rings. The second kappa shape index (κ2) is 6.97. The molecule has 3 heterocycles. The van der Waals surface area contributed by atoms with Crippen molar-refractivity contribution in [1.82, 2.24) is 24.9 Å². The molecule has 2 aliphatic heterocycles. The van der Waals surface area contributed by atoms with E-state index in [1.54, 1.807) is 0 Å². The van der Waals surface area contributed by atoms with Crippen LogP contribution in [0.5, 0.6) is 0 Å². The first-order valence-electron chi connectivity index (χ1n) is 10.2. The lowest BCUT2D eigenvalue weighted by Crippen LogP contribution is -2.55. The van der Waals surface area contributed by atoms with Gasteiger partial charge in [0.15, 0.2) is 0 Å². The van der Waals surface area contributed by atoms with Crippen molar-refractivity contribution in [2.24, 2.45) is 18.4 Å². The van der Waals surface area contributed by atoms with Crippen LogP contribution in [0.2, 0.25) is 0 Å². The monoisotopic (exact) mass is 359 g/mol. The van der Waals surface area contributed by atoms with E-state index in [9.17, 15) is 4.79 Å². The van der Waals surface area contributed by atoms with Gasteiger partial charge in [0.25, 0.3) is 0 Å². The van der Waals surface area contributed by atoms with Crippen LogP contribution in [0.15, 0.2) is 0 Å². The van der Waals surface area contributed by atoms with E-state index in [2.05, 4.69) is 34.1 Å².